The Hall–Kier alpha value is -0.650. The number of nitrogens with zero attached hydrogens (tertiary/aromatic N) is 1. The van der Waals surface area contributed by atoms with Crippen molar-refractivity contribution in [2.75, 3.05) is 26.7 Å². The summed E-state index contributed by atoms with van der Waals surface area (Å²) in [7, 11) is 1.75. The molecule has 2 atom stereocenters. The van der Waals surface area contributed by atoms with Gasteiger partial charge in [0.05, 0.1) is 11.6 Å². The molecule has 0 radical (unpaired) electrons. The molecular weight excluding hydrogens is 206 g/mol. The number of primary amides is 1. The minimum atomic E-state index is -0.875. The van der Waals surface area contributed by atoms with Crippen molar-refractivity contribution in [3.05, 3.63) is 0 Å². The second-order valence-electron chi connectivity index (χ2n) is 4.83. The van der Waals surface area contributed by atoms with Gasteiger partial charge in [0.25, 0.3) is 0 Å². The third kappa shape index (κ3) is 3.73. The molecule has 2 unspecified atom stereocenters. The molecule has 0 aromatic carbocycles. The molecule has 1 saturated heterocycles. The van der Waals surface area contributed by atoms with Crippen LogP contribution in [0.25, 0.3) is 0 Å². The standard InChI is InChI=1S/C11H23N3O2/c1-11(13,10(12)15)5-3-6-14-7-4-9(8-14)16-2/h9H,3-8,13H2,1-2H3,(H2,12,15). The molecule has 4 N–H and O–H groups in total. The second kappa shape index (κ2) is 5.61. The SMILES string of the molecule is COC1CCN(CCCC(C)(N)C(N)=O)C1. The summed E-state index contributed by atoms with van der Waals surface area (Å²) >= 11 is 0. The van der Waals surface area contributed by atoms with Crippen LogP contribution in [0.4, 0.5) is 0 Å². The Morgan fingerprint density at radius 1 is 1.62 bits per heavy atom. The van der Waals surface area contributed by atoms with Crippen LogP contribution in [0.2, 0.25) is 0 Å². The number of likely N-dealkylation sites (tertiary alicyclic amines) is 1. The van der Waals surface area contributed by atoms with Crippen molar-refractivity contribution in [1.82, 2.24) is 4.90 Å². The van der Waals surface area contributed by atoms with Crippen molar-refractivity contribution in [2.24, 2.45) is 11.5 Å². The first-order chi connectivity index (χ1) is 7.45. The number of carbonyl (C=O) groups is 1. The zero-order valence-corrected chi connectivity index (χ0v) is 10.2. The smallest absolute Gasteiger partial charge is 0.237 e. The van der Waals surface area contributed by atoms with Crippen molar-refractivity contribution in [1.29, 1.82) is 0 Å². The van der Waals surface area contributed by atoms with Crippen molar-refractivity contribution in [3.8, 4) is 0 Å². The number of rotatable bonds is 6. The first-order valence-corrected chi connectivity index (χ1v) is 5.79. The van der Waals surface area contributed by atoms with E-state index in [4.69, 9.17) is 16.2 Å². The average Bonchev–Trinajstić information content (AvgIpc) is 2.65. The Kier molecular flexibility index (Phi) is 4.70. The molecule has 1 amide bonds. The monoisotopic (exact) mass is 229 g/mol. The van der Waals surface area contributed by atoms with Crippen molar-refractivity contribution in [2.45, 2.75) is 37.8 Å². The summed E-state index contributed by atoms with van der Waals surface area (Å²) in [5.74, 6) is -0.427. The maximum absolute atomic E-state index is 11.0. The van der Waals surface area contributed by atoms with E-state index in [0.29, 0.717) is 12.5 Å². The first kappa shape index (κ1) is 13.4. The summed E-state index contributed by atoms with van der Waals surface area (Å²) in [6.45, 7) is 4.70. The van der Waals surface area contributed by atoms with Gasteiger partial charge in [-0.1, -0.05) is 0 Å². The second-order valence-corrected chi connectivity index (χ2v) is 4.83. The van der Waals surface area contributed by atoms with Gasteiger partial charge in [0, 0.05) is 20.2 Å². The van der Waals surface area contributed by atoms with Gasteiger partial charge in [-0.05, 0) is 32.7 Å². The first-order valence-electron chi connectivity index (χ1n) is 5.79. The summed E-state index contributed by atoms with van der Waals surface area (Å²) in [4.78, 5) is 13.3. The fourth-order valence-electron chi connectivity index (χ4n) is 1.99. The van der Waals surface area contributed by atoms with E-state index in [1.165, 1.54) is 0 Å². The summed E-state index contributed by atoms with van der Waals surface area (Å²) < 4.78 is 5.29. The molecule has 1 heterocycles. The minimum Gasteiger partial charge on any atom is -0.380 e. The van der Waals surface area contributed by atoms with Gasteiger partial charge in [0.2, 0.25) is 5.91 Å². The molecule has 0 aromatic heterocycles. The molecule has 0 aromatic rings. The molecule has 0 spiro atoms. The molecule has 0 aliphatic carbocycles. The van der Waals surface area contributed by atoms with Gasteiger partial charge < -0.3 is 21.1 Å². The lowest BCUT2D eigenvalue weighted by Crippen LogP contribution is -2.49. The third-order valence-electron chi connectivity index (χ3n) is 3.30. The van der Waals surface area contributed by atoms with Gasteiger partial charge >= 0.3 is 0 Å². The Bertz CT molecular complexity index is 243. The van der Waals surface area contributed by atoms with E-state index >= 15 is 0 Å². The molecule has 1 aliphatic rings. The van der Waals surface area contributed by atoms with Crippen molar-refractivity contribution in [3.63, 3.8) is 0 Å². The highest BCUT2D eigenvalue weighted by Crippen LogP contribution is 2.14. The fraction of sp³-hybridized carbons (Fsp3) is 0.909. The lowest BCUT2D eigenvalue weighted by atomic mass is 9.96. The Morgan fingerprint density at radius 2 is 2.31 bits per heavy atom. The van der Waals surface area contributed by atoms with E-state index in [2.05, 4.69) is 4.90 Å². The van der Waals surface area contributed by atoms with E-state index in [1.807, 2.05) is 0 Å². The van der Waals surface area contributed by atoms with Crippen LogP contribution in [0, 0.1) is 0 Å². The largest absolute Gasteiger partial charge is 0.380 e. The molecule has 1 aliphatic heterocycles. The van der Waals surface area contributed by atoms with Gasteiger partial charge in [-0.15, -0.1) is 0 Å². The van der Waals surface area contributed by atoms with Crippen LogP contribution in [0.15, 0.2) is 0 Å². The van der Waals surface area contributed by atoms with Crippen LogP contribution in [-0.2, 0) is 9.53 Å². The zero-order chi connectivity index (χ0) is 12.2. The molecule has 1 rings (SSSR count). The quantitative estimate of drug-likeness (QED) is 0.654. The van der Waals surface area contributed by atoms with E-state index in [9.17, 15) is 4.79 Å². The van der Waals surface area contributed by atoms with Crippen LogP contribution in [0.5, 0.6) is 0 Å². The molecule has 1 fully saturated rings. The molecule has 5 heteroatoms. The van der Waals surface area contributed by atoms with Crippen molar-refractivity contribution < 1.29 is 9.53 Å². The molecule has 0 saturated carbocycles. The van der Waals surface area contributed by atoms with Crippen molar-refractivity contribution >= 4 is 5.91 Å². The number of methoxy groups -OCH3 is 1. The summed E-state index contributed by atoms with van der Waals surface area (Å²) in [6, 6.07) is 0. The molecule has 16 heavy (non-hydrogen) atoms. The zero-order valence-electron chi connectivity index (χ0n) is 10.2. The lowest BCUT2D eigenvalue weighted by molar-refractivity contribution is -0.122. The Morgan fingerprint density at radius 3 is 2.81 bits per heavy atom. The summed E-state index contributed by atoms with van der Waals surface area (Å²) in [6.07, 6.45) is 2.98. The predicted octanol–water partition coefficient (Wildman–Crippen LogP) is -0.310. The maximum Gasteiger partial charge on any atom is 0.237 e. The number of carbonyl (C=O) groups excluding carboxylic acids is 1. The Balaban J connectivity index is 2.19. The number of amides is 1. The fourth-order valence-corrected chi connectivity index (χ4v) is 1.99. The van der Waals surface area contributed by atoms with Crippen LogP contribution >= 0.6 is 0 Å². The molecular formula is C11H23N3O2. The molecule has 0 bridgehead atoms. The molecule has 5 nitrogen and oxygen atoms in total. The van der Waals surface area contributed by atoms with Crippen LogP contribution in [0.1, 0.15) is 26.2 Å². The van der Waals surface area contributed by atoms with Crippen LogP contribution in [-0.4, -0.2) is 49.2 Å². The minimum absolute atomic E-state index is 0.361. The highest BCUT2D eigenvalue weighted by Gasteiger charge is 2.26. The predicted molar refractivity (Wildman–Crippen MR) is 62.9 cm³/mol. The lowest BCUT2D eigenvalue weighted by Gasteiger charge is -2.22. The van der Waals surface area contributed by atoms with E-state index in [-0.39, 0.29) is 0 Å². The van der Waals surface area contributed by atoms with Gasteiger partial charge in [0.1, 0.15) is 0 Å². The highest BCUT2D eigenvalue weighted by molar-refractivity contribution is 5.83. The van der Waals surface area contributed by atoms with Crippen LogP contribution < -0.4 is 11.5 Å². The normalized spacial score (nSPS) is 25.6. The van der Waals surface area contributed by atoms with Gasteiger partial charge in [-0.3, -0.25) is 4.79 Å². The number of nitrogens with two attached hydrogens (primary N) is 2. The number of hydrogen-bond acceptors (Lipinski definition) is 4. The highest BCUT2D eigenvalue weighted by atomic mass is 16.5. The van der Waals surface area contributed by atoms with Gasteiger partial charge in [-0.2, -0.15) is 0 Å². The van der Waals surface area contributed by atoms with Gasteiger partial charge in [-0.25, -0.2) is 0 Å². The van der Waals surface area contributed by atoms with E-state index in [1.54, 1.807) is 14.0 Å². The third-order valence-corrected chi connectivity index (χ3v) is 3.30. The molecule has 94 valence electrons. The number of ether oxygens (including phenoxy) is 1. The summed E-state index contributed by atoms with van der Waals surface area (Å²) in [5.41, 5.74) is 10.1. The van der Waals surface area contributed by atoms with Gasteiger partial charge in [0.15, 0.2) is 0 Å². The number of hydrogen-bond donors (Lipinski definition) is 2. The van der Waals surface area contributed by atoms with Crippen LogP contribution in [0.3, 0.4) is 0 Å². The van der Waals surface area contributed by atoms with E-state index < -0.39 is 11.4 Å². The Labute approximate surface area is 97.1 Å². The average molecular weight is 229 g/mol. The van der Waals surface area contributed by atoms with E-state index in [0.717, 1.165) is 32.5 Å². The topological polar surface area (TPSA) is 81.6 Å². The summed E-state index contributed by atoms with van der Waals surface area (Å²) in [5, 5.41) is 0. The maximum atomic E-state index is 11.0.